The summed E-state index contributed by atoms with van der Waals surface area (Å²) in [5, 5.41) is 2.92. The summed E-state index contributed by atoms with van der Waals surface area (Å²) >= 11 is 0. The van der Waals surface area contributed by atoms with Crippen molar-refractivity contribution in [3.05, 3.63) is 29.8 Å². The molecule has 4 heteroatoms. The van der Waals surface area contributed by atoms with Crippen molar-refractivity contribution in [1.82, 2.24) is 5.32 Å². The fourth-order valence-corrected chi connectivity index (χ4v) is 2.15. The first-order valence-corrected chi connectivity index (χ1v) is 6.65. The highest BCUT2D eigenvalue weighted by molar-refractivity contribution is 5.96. The average Bonchev–Trinajstić information content (AvgIpc) is 2.71. The van der Waals surface area contributed by atoms with E-state index in [1.165, 1.54) is 5.56 Å². The lowest BCUT2D eigenvalue weighted by atomic mass is 10.2. The molecule has 1 aromatic carbocycles. The van der Waals surface area contributed by atoms with Gasteiger partial charge >= 0.3 is 0 Å². The number of nitrogens with one attached hydrogen (secondary N) is 1. The molecule has 0 saturated carbocycles. The minimum atomic E-state index is -0.0799. The molecule has 0 aliphatic carbocycles. The number of amides is 2. The second-order valence-electron chi connectivity index (χ2n) is 5.40. The Morgan fingerprint density at radius 3 is 2.53 bits per heavy atom. The van der Waals surface area contributed by atoms with Gasteiger partial charge in [-0.25, -0.2) is 0 Å². The third-order valence-electron chi connectivity index (χ3n) is 3.34. The van der Waals surface area contributed by atoms with Crippen molar-refractivity contribution in [2.24, 2.45) is 5.92 Å². The van der Waals surface area contributed by atoms with Crippen LogP contribution in [0.5, 0.6) is 0 Å². The van der Waals surface area contributed by atoms with Crippen LogP contribution in [-0.4, -0.2) is 24.4 Å². The van der Waals surface area contributed by atoms with E-state index >= 15 is 0 Å². The number of benzene rings is 1. The van der Waals surface area contributed by atoms with Gasteiger partial charge in [0, 0.05) is 24.6 Å². The lowest BCUT2D eigenvalue weighted by molar-refractivity contribution is -0.124. The van der Waals surface area contributed by atoms with Crippen molar-refractivity contribution in [3.8, 4) is 0 Å². The van der Waals surface area contributed by atoms with Gasteiger partial charge in [-0.05, 0) is 19.1 Å². The number of rotatable bonds is 3. The third-order valence-corrected chi connectivity index (χ3v) is 3.34. The molecule has 4 nitrogen and oxygen atoms in total. The number of nitrogens with zero attached hydrogens (tertiary/aromatic N) is 1. The van der Waals surface area contributed by atoms with E-state index in [1.807, 2.05) is 45.0 Å². The fourth-order valence-electron chi connectivity index (χ4n) is 2.15. The van der Waals surface area contributed by atoms with Gasteiger partial charge in [0.2, 0.25) is 11.8 Å². The molecule has 0 spiro atoms. The summed E-state index contributed by atoms with van der Waals surface area (Å²) < 4.78 is 0. The summed E-state index contributed by atoms with van der Waals surface area (Å²) in [6, 6.07) is 7.79. The predicted molar refractivity (Wildman–Crippen MR) is 74.9 cm³/mol. The Kier molecular flexibility index (Phi) is 3.88. The molecule has 1 heterocycles. The molecule has 1 aromatic rings. The van der Waals surface area contributed by atoms with E-state index in [0.29, 0.717) is 13.0 Å². The SMILES string of the molecule is Cc1ccc(N2C[C@@H](NC(=O)C(C)C)CC2=O)cc1. The van der Waals surface area contributed by atoms with Crippen molar-refractivity contribution >= 4 is 17.5 Å². The molecule has 0 bridgehead atoms. The van der Waals surface area contributed by atoms with Gasteiger partial charge < -0.3 is 10.2 Å². The summed E-state index contributed by atoms with van der Waals surface area (Å²) in [7, 11) is 0. The molecule has 1 saturated heterocycles. The summed E-state index contributed by atoms with van der Waals surface area (Å²) in [6.07, 6.45) is 0.381. The molecule has 0 unspecified atom stereocenters. The van der Waals surface area contributed by atoms with Crippen LogP contribution < -0.4 is 10.2 Å². The monoisotopic (exact) mass is 260 g/mol. The molecule has 0 radical (unpaired) electrons. The van der Waals surface area contributed by atoms with Crippen LogP contribution >= 0.6 is 0 Å². The zero-order valence-corrected chi connectivity index (χ0v) is 11.6. The maximum absolute atomic E-state index is 12.0. The van der Waals surface area contributed by atoms with E-state index in [-0.39, 0.29) is 23.8 Å². The van der Waals surface area contributed by atoms with Crippen molar-refractivity contribution in [3.63, 3.8) is 0 Å². The molecular weight excluding hydrogens is 240 g/mol. The highest BCUT2D eigenvalue weighted by Crippen LogP contribution is 2.22. The quantitative estimate of drug-likeness (QED) is 0.902. The van der Waals surface area contributed by atoms with Crippen LogP contribution in [-0.2, 0) is 9.59 Å². The highest BCUT2D eigenvalue weighted by Gasteiger charge is 2.31. The van der Waals surface area contributed by atoms with Gasteiger partial charge in [-0.3, -0.25) is 9.59 Å². The molecule has 19 heavy (non-hydrogen) atoms. The summed E-state index contributed by atoms with van der Waals surface area (Å²) in [4.78, 5) is 25.4. The van der Waals surface area contributed by atoms with Gasteiger partial charge in [0.1, 0.15) is 0 Å². The molecule has 2 amide bonds. The van der Waals surface area contributed by atoms with E-state index in [0.717, 1.165) is 5.69 Å². The minimum Gasteiger partial charge on any atom is -0.351 e. The Hall–Kier alpha value is -1.84. The van der Waals surface area contributed by atoms with E-state index in [9.17, 15) is 9.59 Å². The van der Waals surface area contributed by atoms with Crippen LogP contribution in [0, 0.1) is 12.8 Å². The lowest BCUT2D eigenvalue weighted by Gasteiger charge is -2.18. The van der Waals surface area contributed by atoms with Crippen molar-refractivity contribution < 1.29 is 9.59 Å². The molecule has 2 rings (SSSR count). The van der Waals surface area contributed by atoms with Crippen LogP contribution in [0.3, 0.4) is 0 Å². The van der Waals surface area contributed by atoms with Crippen LogP contribution in [0.2, 0.25) is 0 Å². The number of anilines is 1. The maximum atomic E-state index is 12.0. The molecule has 102 valence electrons. The minimum absolute atomic E-state index is 0.00329. The molecule has 1 N–H and O–H groups in total. The zero-order valence-electron chi connectivity index (χ0n) is 11.6. The van der Waals surface area contributed by atoms with E-state index in [1.54, 1.807) is 4.90 Å². The van der Waals surface area contributed by atoms with Gasteiger partial charge in [-0.15, -0.1) is 0 Å². The van der Waals surface area contributed by atoms with Crippen LogP contribution in [0.25, 0.3) is 0 Å². The van der Waals surface area contributed by atoms with Crippen molar-refractivity contribution in [2.45, 2.75) is 33.2 Å². The average molecular weight is 260 g/mol. The second kappa shape index (κ2) is 5.43. The largest absolute Gasteiger partial charge is 0.351 e. The summed E-state index contributed by atoms with van der Waals surface area (Å²) in [5.41, 5.74) is 2.07. The van der Waals surface area contributed by atoms with Gasteiger partial charge in [-0.1, -0.05) is 31.5 Å². The van der Waals surface area contributed by atoms with E-state index in [2.05, 4.69) is 5.32 Å². The number of carbonyl (C=O) groups excluding carboxylic acids is 2. The van der Waals surface area contributed by atoms with Crippen LogP contribution in [0.4, 0.5) is 5.69 Å². The smallest absolute Gasteiger partial charge is 0.229 e. The van der Waals surface area contributed by atoms with Gasteiger partial charge in [0.15, 0.2) is 0 Å². The number of carbonyl (C=O) groups is 2. The molecule has 0 aromatic heterocycles. The summed E-state index contributed by atoms with van der Waals surface area (Å²) in [5.74, 6) is 0.0185. The molecule has 1 atom stereocenters. The van der Waals surface area contributed by atoms with Gasteiger partial charge in [-0.2, -0.15) is 0 Å². The van der Waals surface area contributed by atoms with Gasteiger partial charge in [0.25, 0.3) is 0 Å². The third kappa shape index (κ3) is 3.13. The van der Waals surface area contributed by atoms with Crippen LogP contribution in [0.1, 0.15) is 25.8 Å². The number of aryl methyl sites for hydroxylation is 1. The Balaban J connectivity index is 2.03. The first-order valence-electron chi connectivity index (χ1n) is 6.65. The van der Waals surface area contributed by atoms with Gasteiger partial charge in [0.05, 0.1) is 6.04 Å². The number of hydrogen-bond acceptors (Lipinski definition) is 2. The maximum Gasteiger partial charge on any atom is 0.229 e. The van der Waals surface area contributed by atoms with E-state index < -0.39 is 0 Å². The topological polar surface area (TPSA) is 49.4 Å². The van der Waals surface area contributed by atoms with Crippen molar-refractivity contribution in [1.29, 1.82) is 0 Å². The number of hydrogen-bond donors (Lipinski definition) is 1. The first-order chi connectivity index (χ1) is 8.97. The lowest BCUT2D eigenvalue weighted by Crippen LogP contribution is -2.39. The summed E-state index contributed by atoms with van der Waals surface area (Å²) in [6.45, 7) is 6.27. The van der Waals surface area contributed by atoms with E-state index in [4.69, 9.17) is 0 Å². The molecule has 1 aliphatic heterocycles. The molecular formula is C15H20N2O2. The molecule has 1 aliphatic rings. The standard InChI is InChI=1S/C15H20N2O2/c1-10(2)15(19)16-12-8-14(18)17(9-12)13-6-4-11(3)5-7-13/h4-7,10,12H,8-9H2,1-3H3,(H,16,19)/t12-/m0/s1. The predicted octanol–water partition coefficient (Wildman–Crippen LogP) is 1.87. The highest BCUT2D eigenvalue weighted by atomic mass is 16.2. The Labute approximate surface area is 113 Å². The Morgan fingerprint density at radius 2 is 1.95 bits per heavy atom. The Morgan fingerprint density at radius 1 is 1.32 bits per heavy atom. The first kappa shape index (κ1) is 13.6. The van der Waals surface area contributed by atoms with Crippen LogP contribution in [0.15, 0.2) is 24.3 Å². The Bertz CT molecular complexity index is 479. The van der Waals surface area contributed by atoms with Crippen molar-refractivity contribution in [2.75, 3.05) is 11.4 Å². The zero-order chi connectivity index (χ0) is 14.0. The second-order valence-corrected chi connectivity index (χ2v) is 5.40. The normalized spacial score (nSPS) is 19.1. The molecule has 1 fully saturated rings. The fraction of sp³-hybridized carbons (Fsp3) is 0.467.